The number of Topliss-reactive ketones (excluding diaryl/α,β-unsaturated/α-hetero) is 2. The number of benzene rings is 1. The predicted molar refractivity (Wildman–Crippen MR) is 93.6 cm³/mol. The molecule has 2 rings (SSSR count). The molecule has 0 bridgehead atoms. The third-order valence-electron chi connectivity index (χ3n) is 4.18. The van der Waals surface area contributed by atoms with Crippen LogP contribution < -0.4 is 5.32 Å². The maximum absolute atomic E-state index is 12.7. The summed E-state index contributed by atoms with van der Waals surface area (Å²) in [5.41, 5.74) is 5.85. The Morgan fingerprint density at radius 1 is 1.13 bits per heavy atom. The number of hydrogen-bond acceptors (Lipinski definition) is 3. The molecule has 0 spiro atoms. The van der Waals surface area contributed by atoms with Crippen LogP contribution in [0.5, 0.6) is 0 Å². The van der Waals surface area contributed by atoms with Gasteiger partial charge in [0.15, 0.2) is 5.78 Å². The molecule has 1 atom stereocenters. The van der Waals surface area contributed by atoms with Gasteiger partial charge in [0, 0.05) is 16.9 Å². The predicted octanol–water partition coefficient (Wildman–Crippen LogP) is 4.13. The van der Waals surface area contributed by atoms with Crippen LogP contribution in [0, 0.1) is 27.7 Å². The van der Waals surface area contributed by atoms with Crippen molar-refractivity contribution in [2.24, 2.45) is 0 Å². The lowest BCUT2D eigenvalue weighted by molar-refractivity contribution is 0.0970. The molecular formula is C19H24N2O2. The Bertz CT molecular complexity index is 772. The molecule has 0 radical (unpaired) electrons. The van der Waals surface area contributed by atoms with E-state index in [9.17, 15) is 9.59 Å². The van der Waals surface area contributed by atoms with Gasteiger partial charge in [0.2, 0.25) is 5.78 Å². The second-order valence-electron chi connectivity index (χ2n) is 6.23. The van der Waals surface area contributed by atoms with Gasteiger partial charge in [0.25, 0.3) is 0 Å². The van der Waals surface area contributed by atoms with E-state index in [0.717, 1.165) is 22.5 Å². The Balaban J connectivity index is 2.27. The molecule has 122 valence electrons. The van der Waals surface area contributed by atoms with Gasteiger partial charge in [-0.25, -0.2) is 0 Å². The molecule has 2 aromatic rings. The average molecular weight is 312 g/mol. The van der Waals surface area contributed by atoms with Crippen LogP contribution >= 0.6 is 0 Å². The topological polar surface area (TPSA) is 62.0 Å². The first kappa shape index (κ1) is 17.0. The zero-order valence-electron chi connectivity index (χ0n) is 14.6. The molecule has 0 aliphatic rings. The van der Waals surface area contributed by atoms with Gasteiger partial charge in [-0.15, -0.1) is 0 Å². The standard InChI is InChI=1S/C19H24N2O2/c1-10-7-8-16(11(2)9-10)20-14(5)19(23)18-12(3)17(15(6)22)13(4)21-18/h7-9,14,20-21H,1-6H3/t14-/m0/s1. The van der Waals surface area contributed by atoms with Gasteiger partial charge in [0.1, 0.15) is 0 Å². The molecule has 0 saturated carbocycles. The summed E-state index contributed by atoms with van der Waals surface area (Å²) in [6.07, 6.45) is 0. The minimum Gasteiger partial charge on any atom is -0.375 e. The summed E-state index contributed by atoms with van der Waals surface area (Å²) in [5.74, 6) is -0.0663. The fourth-order valence-electron chi connectivity index (χ4n) is 3.02. The lowest BCUT2D eigenvalue weighted by atomic mass is 10.0. The number of aryl methyl sites for hydroxylation is 3. The van der Waals surface area contributed by atoms with Gasteiger partial charge in [0.05, 0.1) is 11.7 Å². The number of carbonyl (C=O) groups excluding carboxylic acids is 2. The van der Waals surface area contributed by atoms with Crippen molar-refractivity contribution in [2.75, 3.05) is 5.32 Å². The molecule has 0 aliphatic heterocycles. The summed E-state index contributed by atoms with van der Waals surface area (Å²) in [7, 11) is 0. The van der Waals surface area contributed by atoms with Crippen LogP contribution in [0.4, 0.5) is 5.69 Å². The molecule has 0 aliphatic carbocycles. The monoisotopic (exact) mass is 312 g/mol. The number of rotatable bonds is 5. The van der Waals surface area contributed by atoms with Gasteiger partial charge in [-0.1, -0.05) is 17.7 Å². The van der Waals surface area contributed by atoms with Crippen molar-refractivity contribution >= 4 is 17.3 Å². The number of nitrogens with one attached hydrogen (secondary N) is 2. The van der Waals surface area contributed by atoms with Crippen molar-refractivity contribution in [3.05, 3.63) is 51.8 Å². The van der Waals surface area contributed by atoms with Crippen molar-refractivity contribution in [3.63, 3.8) is 0 Å². The molecule has 1 aromatic carbocycles. The van der Waals surface area contributed by atoms with E-state index in [0.29, 0.717) is 11.3 Å². The van der Waals surface area contributed by atoms with E-state index in [1.807, 2.05) is 46.8 Å². The molecule has 2 N–H and O–H groups in total. The molecule has 4 heteroatoms. The Kier molecular flexibility index (Phi) is 4.73. The van der Waals surface area contributed by atoms with E-state index in [1.54, 1.807) is 0 Å². The molecule has 0 amide bonds. The summed E-state index contributed by atoms with van der Waals surface area (Å²) >= 11 is 0. The fourth-order valence-corrected chi connectivity index (χ4v) is 3.02. The second-order valence-corrected chi connectivity index (χ2v) is 6.23. The van der Waals surface area contributed by atoms with Gasteiger partial charge in [-0.3, -0.25) is 9.59 Å². The van der Waals surface area contributed by atoms with Crippen molar-refractivity contribution in [2.45, 2.75) is 47.6 Å². The summed E-state index contributed by atoms with van der Waals surface area (Å²) in [6, 6.07) is 5.71. The second kappa shape index (κ2) is 6.41. The van der Waals surface area contributed by atoms with E-state index in [-0.39, 0.29) is 17.6 Å². The smallest absolute Gasteiger partial charge is 0.201 e. The van der Waals surface area contributed by atoms with Gasteiger partial charge in [-0.2, -0.15) is 0 Å². The van der Waals surface area contributed by atoms with Crippen molar-refractivity contribution in [3.8, 4) is 0 Å². The molecule has 23 heavy (non-hydrogen) atoms. The summed E-state index contributed by atoms with van der Waals surface area (Å²) < 4.78 is 0. The molecule has 0 fully saturated rings. The Hall–Kier alpha value is -2.36. The highest BCUT2D eigenvalue weighted by Crippen LogP contribution is 2.22. The highest BCUT2D eigenvalue weighted by atomic mass is 16.1. The first-order valence-corrected chi connectivity index (χ1v) is 7.80. The minimum atomic E-state index is -0.382. The summed E-state index contributed by atoms with van der Waals surface area (Å²) in [6.45, 7) is 11.1. The molecule has 0 unspecified atom stereocenters. The minimum absolute atomic E-state index is 0.0229. The van der Waals surface area contributed by atoms with Gasteiger partial charge < -0.3 is 10.3 Å². The maximum atomic E-state index is 12.7. The van der Waals surface area contributed by atoms with Gasteiger partial charge in [-0.05, 0) is 58.7 Å². The Morgan fingerprint density at radius 3 is 2.30 bits per heavy atom. The molecular weight excluding hydrogens is 288 g/mol. The van der Waals surface area contributed by atoms with Crippen molar-refractivity contribution in [1.29, 1.82) is 0 Å². The zero-order valence-corrected chi connectivity index (χ0v) is 14.6. The van der Waals surface area contributed by atoms with Crippen LogP contribution in [0.2, 0.25) is 0 Å². The zero-order chi connectivity index (χ0) is 17.3. The number of hydrogen-bond donors (Lipinski definition) is 2. The number of aromatic amines is 1. The van der Waals surface area contributed by atoms with E-state index in [2.05, 4.69) is 16.4 Å². The van der Waals surface area contributed by atoms with E-state index >= 15 is 0 Å². The van der Waals surface area contributed by atoms with E-state index in [4.69, 9.17) is 0 Å². The highest BCUT2D eigenvalue weighted by molar-refractivity contribution is 6.05. The number of ketones is 2. The lowest BCUT2D eigenvalue weighted by Gasteiger charge is -2.16. The molecule has 1 heterocycles. The Labute approximate surface area is 137 Å². The van der Waals surface area contributed by atoms with Crippen molar-refractivity contribution < 1.29 is 9.59 Å². The summed E-state index contributed by atoms with van der Waals surface area (Å²) in [5, 5.41) is 3.27. The summed E-state index contributed by atoms with van der Waals surface area (Å²) in [4.78, 5) is 27.5. The van der Waals surface area contributed by atoms with Crippen LogP contribution in [0.15, 0.2) is 18.2 Å². The molecule has 4 nitrogen and oxygen atoms in total. The molecule has 0 saturated heterocycles. The average Bonchev–Trinajstić information content (AvgIpc) is 2.76. The highest BCUT2D eigenvalue weighted by Gasteiger charge is 2.23. The van der Waals surface area contributed by atoms with Crippen LogP contribution in [-0.2, 0) is 0 Å². The first-order valence-electron chi connectivity index (χ1n) is 7.80. The fraction of sp³-hybridized carbons (Fsp3) is 0.368. The van der Waals surface area contributed by atoms with Crippen LogP contribution in [-0.4, -0.2) is 22.6 Å². The Morgan fingerprint density at radius 2 is 1.78 bits per heavy atom. The molecule has 1 aromatic heterocycles. The van der Waals surface area contributed by atoms with Gasteiger partial charge >= 0.3 is 0 Å². The largest absolute Gasteiger partial charge is 0.375 e. The van der Waals surface area contributed by atoms with Crippen LogP contribution in [0.3, 0.4) is 0 Å². The van der Waals surface area contributed by atoms with Crippen LogP contribution in [0.25, 0.3) is 0 Å². The number of carbonyl (C=O) groups is 2. The number of aromatic nitrogens is 1. The first-order chi connectivity index (χ1) is 10.7. The third kappa shape index (κ3) is 3.36. The quantitative estimate of drug-likeness (QED) is 0.816. The van der Waals surface area contributed by atoms with E-state index < -0.39 is 0 Å². The van der Waals surface area contributed by atoms with E-state index in [1.165, 1.54) is 12.5 Å². The SMILES string of the molecule is CC(=O)c1c(C)[nH]c(C(=O)[C@H](C)Nc2ccc(C)cc2C)c1C. The normalized spacial score (nSPS) is 12.1. The van der Waals surface area contributed by atoms with Crippen LogP contribution in [0.1, 0.15) is 57.1 Å². The number of H-pyrrole nitrogens is 1. The van der Waals surface area contributed by atoms with Crippen molar-refractivity contribution in [1.82, 2.24) is 4.98 Å². The number of anilines is 1. The third-order valence-corrected chi connectivity index (χ3v) is 4.18. The lowest BCUT2D eigenvalue weighted by Crippen LogP contribution is -2.27. The maximum Gasteiger partial charge on any atom is 0.201 e.